The zero-order chi connectivity index (χ0) is 33.5. The van der Waals surface area contributed by atoms with Crippen LogP contribution in [0, 0.1) is 30.9 Å². The minimum Gasteiger partial charge on any atom is -0.390 e. The second-order valence-corrected chi connectivity index (χ2v) is 14.0. The quantitative estimate of drug-likeness (QED) is 0.185. The third kappa shape index (κ3) is 9.45. The number of halogens is 2. The number of rotatable bonds is 15. The van der Waals surface area contributed by atoms with Gasteiger partial charge in [-0.15, -0.1) is 6.42 Å². The summed E-state index contributed by atoms with van der Waals surface area (Å²) in [4.78, 5) is 26.6. The Morgan fingerprint density at radius 1 is 1.15 bits per heavy atom. The SMILES string of the molecule is C#Cc1cccc(C2(NC[C@@H](O)[C@H](Cc3cc(F)cc(F)c3)NC(=O)[C@@H](CS(=O)(=O)CCCC)NC(=O)n3cc(C)cn3)CC2)c1. The van der Waals surface area contributed by atoms with Crippen LogP contribution < -0.4 is 16.0 Å². The number of terminal acetylenes is 1. The van der Waals surface area contributed by atoms with Crippen molar-refractivity contribution < 1.29 is 31.9 Å². The molecule has 3 aromatic rings. The van der Waals surface area contributed by atoms with Crippen LogP contribution >= 0.6 is 0 Å². The van der Waals surface area contributed by atoms with Crippen molar-refractivity contribution in [2.45, 2.75) is 69.7 Å². The van der Waals surface area contributed by atoms with Crippen LogP contribution in [0.1, 0.15) is 54.9 Å². The van der Waals surface area contributed by atoms with Gasteiger partial charge in [-0.1, -0.05) is 31.4 Å². The van der Waals surface area contributed by atoms with Crippen LogP contribution in [0.4, 0.5) is 13.6 Å². The number of unbranched alkanes of at least 4 members (excludes halogenated alkanes) is 1. The molecule has 246 valence electrons. The Balaban J connectivity index is 1.57. The molecule has 46 heavy (non-hydrogen) atoms. The first-order valence-electron chi connectivity index (χ1n) is 15.1. The molecule has 2 aromatic carbocycles. The summed E-state index contributed by atoms with van der Waals surface area (Å²) in [6.45, 7) is 3.51. The third-order valence-electron chi connectivity index (χ3n) is 7.91. The average molecular weight is 656 g/mol. The Hall–Kier alpha value is -4.12. The van der Waals surface area contributed by atoms with Crippen molar-refractivity contribution in [3.63, 3.8) is 0 Å². The standard InChI is InChI=1S/C33H39F2N5O5S/c1-4-6-12-46(44,45)21-29(39-32(43)40-20-22(3)18-37-40)31(42)38-28(16-24-14-26(34)17-27(35)15-24)30(41)19-36-33(10-11-33)25-9-7-8-23(5-2)13-25/h2,7-9,13-15,17-18,20,28-30,36,41H,4,6,10-12,16,19,21H2,1,3H3,(H,38,42)(H,39,43)/t28-,29+,30+/m0/s1. The lowest BCUT2D eigenvalue weighted by Gasteiger charge is -2.29. The van der Waals surface area contributed by atoms with E-state index in [0.717, 1.165) is 35.2 Å². The van der Waals surface area contributed by atoms with E-state index < -0.39 is 62.9 Å². The molecule has 13 heteroatoms. The average Bonchev–Trinajstić information content (AvgIpc) is 3.68. The van der Waals surface area contributed by atoms with E-state index in [9.17, 15) is 31.9 Å². The van der Waals surface area contributed by atoms with E-state index in [-0.39, 0.29) is 24.3 Å². The van der Waals surface area contributed by atoms with Gasteiger partial charge in [-0.25, -0.2) is 22.0 Å². The summed E-state index contributed by atoms with van der Waals surface area (Å²) in [5.74, 6) is -0.836. The number of carbonyl (C=O) groups excluding carboxylic acids is 2. The summed E-state index contributed by atoms with van der Waals surface area (Å²) in [6.07, 6.45) is 9.46. The summed E-state index contributed by atoms with van der Waals surface area (Å²) < 4.78 is 54.9. The number of aryl methyl sites for hydroxylation is 1. The number of nitrogens with one attached hydrogen (secondary N) is 3. The van der Waals surface area contributed by atoms with Crippen LogP contribution in [0.2, 0.25) is 0 Å². The lowest BCUT2D eigenvalue weighted by molar-refractivity contribution is -0.124. The van der Waals surface area contributed by atoms with Gasteiger partial charge in [-0.2, -0.15) is 9.78 Å². The summed E-state index contributed by atoms with van der Waals surface area (Å²) in [6, 6.07) is 6.85. The van der Waals surface area contributed by atoms with E-state index in [1.54, 1.807) is 6.92 Å². The van der Waals surface area contributed by atoms with Crippen molar-refractivity contribution in [1.29, 1.82) is 0 Å². The van der Waals surface area contributed by atoms with Gasteiger partial charge in [-0.05, 0) is 73.6 Å². The fraction of sp³-hybridized carbons (Fsp3) is 0.424. The zero-order valence-corrected chi connectivity index (χ0v) is 26.6. The first-order chi connectivity index (χ1) is 21.8. The molecule has 0 bridgehead atoms. The van der Waals surface area contributed by atoms with Gasteiger partial charge in [0.05, 0.1) is 29.8 Å². The number of hydrogen-bond acceptors (Lipinski definition) is 7. The van der Waals surface area contributed by atoms with Gasteiger partial charge in [0.1, 0.15) is 17.7 Å². The fourth-order valence-corrected chi connectivity index (χ4v) is 6.85. The van der Waals surface area contributed by atoms with Gasteiger partial charge in [-0.3, -0.25) is 4.79 Å². The first-order valence-corrected chi connectivity index (χ1v) is 16.9. The Morgan fingerprint density at radius 2 is 1.87 bits per heavy atom. The number of benzene rings is 2. The van der Waals surface area contributed by atoms with Crippen LogP contribution in [0.5, 0.6) is 0 Å². The zero-order valence-electron chi connectivity index (χ0n) is 25.8. The molecule has 3 atom stereocenters. The van der Waals surface area contributed by atoms with Crippen LogP contribution in [0.15, 0.2) is 54.9 Å². The number of amides is 2. The summed E-state index contributed by atoms with van der Waals surface area (Å²) in [7, 11) is -3.79. The molecule has 1 fully saturated rings. The maximum Gasteiger partial charge on any atom is 0.342 e. The molecule has 0 saturated heterocycles. The molecule has 10 nitrogen and oxygen atoms in total. The van der Waals surface area contributed by atoms with Gasteiger partial charge in [0, 0.05) is 29.9 Å². The smallest absolute Gasteiger partial charge is 0.342 e. The highest BCUT2D eigenvalue weighted by molar-refractivity contribution is 7.91. The van der Waals surface area contributed by atoms with E-state index in [2.05, 4.69) is 27.0 Å². The molecule has 1 aromatic heterocycles. The van der Waals surface area contributed by atoms with E-state index in [1.807, 2.05) is 31.2 Å². The normalized spacial score (nSPS) is 15.7. The maximum absolute atomic E-state index is 14.1. The van der Waals surface area contributed by atoms with Crippen molar-refractivity contribution >= 4 is 21.8 Å². The Labute approximate surface area is 267 Å². The predicted octanol–water partition coefficient (Wildman–Crippen LogP) is 2.96. The van der Waals surface area contributed by atoms with E-state index >= 15 is 0 Å². The van der Waals surface area contributed by atoms with Crippen molar-refractivity contribution in [2.75, 3.05) is 18.1 Å². The second-order valence-electron chi connectivity index (χ2n) is 11.8. The number of hydrogen-bond donors (Lipinski definition) is 4. The predicted molar refractivity (Wildman–Crippen MR) is 170 cm³/mol. The molecule has 4 N–H and O–H groups in total. The van der Waals surface area contributed by atoms with Gasteiger partial charge < -0.3 is 21.1 Å². The highest BCUT2D eigenvalue weighted by Crippen LogP contribution is 2.45. The van der Waals surface area contributed by atoms with Crippen molar-refractivity contribution in [3.05, 3.63) is 88.7 Å². The molecule has 1 aliphatic carbocycles. The van der Waals surface area contributed by atoms with Gasteiger partial charge >= 0.3 is 6.03 Å². The molecule has 0 radical (unpaired) electrons. The number of aliphatic hydroxyl groups is 1. The Bertz CT molecular complexity index is 1680. The fourth-order valence-electron chi connectivity index (χ4n) is 5.21. The number of carbonyl (C=O) groups is 2. The number of aliphatic hydroxyl groups excluding tert-OH is 1. The summed E-state index contributed by atoms with van der Waals surface area (Å²) in [5.41, 5.74) is 2.03. The van der Waals surface area contributed by atoms with Crippen molar-refractivity contribution in [2.24, 2.45) is 0 Å². The summed E-state index contributed by atoms with van der Waals surface area (Å²) in [5, 5.41) is 23.7. The van der Waals surface area contributed by atoms with Crippen LogP contribution in [0.25, 0.3) is 0 Å². The second kappa shape index (κ2) is 15.0. The largest absolute Gasteiger partial charge is 0.390 e. The molecular weight excluding hydrogens is 616 g/mol. The van der Waals surface area contributed by atoms with Crippen LogP contribution in [0.3, 0.4) is 0 Å². The number of nitrogens with zero attached hydrogens (tertiary/aromatic N) is 2. The molecular formula is C33H39F2N5O5S. The Kier molecular flexibility index (Phi) is 11.3. The molecule has 1 heterocycles. The van der Waals surface area contributed by atoms with E-state index in [4.69, 9.17) is 6.42 Å². The molecule has 0 unspecified atom stereocenters. The van der Waals surface area contributed by atoms with Crippen molar-refractivity contribution in [1.82, 2.24) is 25.7 Å². The lowest BCUT2D eigenvalue weighted by atomic mass is 9.98. The molecule has 4 rings (SSSR count). The van der Waals surface area contributed by atoms with Crippen LogP contribution in [-0.4, -0.2) is 71.5 Å². The molecule has 0 aliphatic heterocycles. The maximum atomic E-state index is 14.1. The highest BCUT2D eigenvalue weighted by atomic mass is 32.2. The van der Waals surface area contributed by atoms with E-state index in [1.165, 1.54) is 12.4 Å². The Morgan fingerprint density at radius 3 is 2.48 bits per heavy atom. The van der Waals surface area contributed by atoms with Crippen LogP contribution in [-0.2, 0) is 26.6 Å². The summed E-state index contributed by atoms with van der Waals surface area (Å²) >= 11 is 0. The minimum atomic E-state index is -3.79. The monoisotopic (exact) mass is 655 g/mol. The highest BCUT2D eigenvalue weighted by Gasteiger charge is 2.44. The lowest BCUT2D eigenvalue weighted by Crippen LogP contribution is -2.57. The van der Waals surface area contributed by atoms with Gasteiger partial charge in [0.15, 0.2) is 9.84 Å². The molecule has 1 aliphatic rings. The molecule has 2 amide bonds. The van der Waals surface area contributed by atoms with Gasteiger partial charge in [0.2, 0.25) is 5.91 Å². The first kappa shape index (κ1) is 34.7. The topological polar surface area (TPSA) is 142 Å². The molecule has 1 saturated carbocycles. The number of sulfone groups is 1. The van der Waals surface area contributed by atoms with E-state index in [0.29, 0.717) is 30.0 Å². The third-order valence-corrected chi connectivity index (χ3v) is 9.67. The van der Waals surface area contributed by atoms with Gasteiger partial charge in [0.25, 0.3) is 0 Å². The number of aromatic nitrogens is 2. The van der Waals surface area contributed by atoms with Crippen molar-refractivity contribution in [3.8, 4) is 12.3 Å². The molecule has 0 spiro atoms. The minimum absolute atomic E-state index is 0.0264.